The molecular weight excluding hydrogens is 422 g/mol. The van der Waals surface area contributed by atoms with Crippen LogP contribution < -0.4 is 0 Å². The van der Waals surface area contributed by atoms with Crippen molar-refractivity contribution in [2.45, 2.75) is 70.2 Å². The number of rotatable bonds is 5. The van der Waals surface area contributed by atoms with E-state index < -0.39 is 34.6 Å². The summed E-state index contributed by atoms with van der Waals surface area (Å²) < 4.78 is 6.74. The van der Waals surface area contributed by atoms with E-state index in [2.05, 4.69) is 0 Å². The molecule has 3 amide bonds. The molecule has 0 saturated carbocycles. The van der Waals surface area contributed by atoms with Gasteiger partial charge in [0.15, 0.2) is 0 Å². The molecule has 0 aromatic heterocycles. The van der Waals surface area contributed by atoms with Crippen molar-refractivity contribution in [1.29, 1.82) is 0 Å². The number of aliphatic hydroxyl groups excluding tert-OH is 1. The number of likely N-dealkylation sites (tertiary alicyclic amines) is 1. The van der Waals surface area contributed by atoms with E-state index in [4.69, 9.17) is 4.74 Å². The Balaban J connectivity index is 1.86. The highest BCUT2D eigenvalue weighted by Crippen LogP contribution is 2.57. The van der Waals surface area contributed by atoms with Crippen molar-refractivity contribution in [3.05, 3.63) is 24.3 Å². The maximum Gasteiger partial charge on any atom is 0.249 e. The smallest absolute Gasteiger partial charge is 0.249 e. The minimum atomic E-state index is -1.22. The van der Waals surface area contributed by atoms with Crippen molar-refractivity contribution in [2.75, 3.05) is 32.8 Å². The molecule has 0 aromatic rings. The van der Waals surface area contributed by atoms with Gasteiger partial charge in [-0.2, -0.15) is 0 Å². The number of ether oxygens (including phenoxy) is 1. The number of nitrogens with zero attached hydrogens (tertiary/aromatic N) is 3. The lowest BCUT2D eigenvalue weighted by Gasteiger charge is -2.41. The fourth-order valence-corrected chi connectivity index (χ4v) is 6.13. The molecule has 2 saturated heterocycles. The third-order valence-electron chi connectivity index (χ3n) is 7.50. The Morgan fingerprint density at radius 1 is 1.03 bits per heavy atom. The van der Waals surface area contributed by atoms with Gasteiger partial charge in [-0.3, -0.25) is 14.4 Å². The Bertz CT molecular complexity index is 893. The standard InChI is InChI=1S/C25H37N3O5/c1-6-12-26-13-7-10-24(5)17(20(26)30)18-21(31)27(14-9-16-29)19-22(32)28(23(2,3)4)15-8-11-25(18,19)33-24/h7-8,10-11,17-19,29H,6,9,12-16H2,1-5H3/t17-,18+,19?,24+,25+/m1/s1. The fraction of sp³-hybridized carbons (Fsp3) is 0.720. The van der Waals surface area contributed by atoms with E-state index >= 15 is 0 Å². The first kappa shape index (κ1) is 24.0. The van der Waals surface area contributed by atoms with Crippen LogP contribution in [0.2, 0.25) is 0 Å². The van der Waals surface area contributed by atoms with Gasteiger partial charge in [-0.05, 0) is 40.5 Å². The van der Waals surface area contributed by atoms with E-state index in [1.54, 1.807) is 14.7 Å². The maximum atomic E-state index is 14.0. The van der Waals surface area contributed by atoms with Crippen LogP contribution in [0.5, 0.6) is 0 Å². The van der Waals surface area contributed by atoms with Crippen LogP contribution in [0.25, 0.3) is 0 Å². The molecule has 4 rings (SSSR count). The van der Waals surface area contributed by atoms with Gasteiger partial charge in [-0.1, -0.05) is 31.2 Å². The minimum Gasteiger partial charge on any atom is -0.396 e. The number of hydrogen-bond acceptors (Lipinski definition) is 5. The Morgan fingerprint density at radius 2 is 1.73 bits per heavy atom. The summed E-state index contributed by atoms with van der Waals surface area (Å²) >= 11 is 0. The molecule has 4 aliphatic heterocycles. The Hall–Kier alpha value is -2.19. The van der Waals surface area contributed by atoms with Crippen molar-refractivity contribution in [2.24, 2.45) is 11.8 Å². The van der Waals surface area contributed by atoms with E-state index in [0.717, 1.165) is 6.42 Å². The summed E-state index contributed by atoms with van der Waals surface area (Å²) in [7, 11) is 0. The van der Waals surface area contributed by atoms with Crippen LogP contribution in [-0.4, -0.2) is 93.1 Å². The Kier molecular flexibility index (Phi) is 5.98. The third kappa shape index (κ3) is 3.53. The molecule has 1 unspecified atom stereocenters. The summed E-state index contributed by atoms with van der Waals surface area (Å²) in [6.45, 7) is 11.5. The van der Waals surface area contributed by atoms with E-state index in [1.165, 1.54) is 0 Å². The van der Waals surface area contributed by atoms with E-state index in [0.29, 0.717) is 26.1 Å². The molecule has 0 aliphatic carbocycles. The van der Waals surface area contributed by atoms with Crippen LogP contribution in [-0.2, 0) is 19.1 Å². The van der Waals surface area contributed by atoms with E-state index in [-0.39, 0.29) is 30.9 Å². The number of carbonyl (C=O) groups is 3. The molecule has 33 heavy (non-hydrogen) atoms. The van der Waals surface area contributed by atoms with Crippen LogP contribution in [0.15, 0.2) is 24.3 Å². The van der Waals surface area contributed by atoms with Gasteiger partial charge in [0, 0.05) is 38.3 Å². The highest BCUT2D eigenvalue weighted by molar-refractivity contribution is 6.00. The first-order valence-electron chi connectivity index (χ1n) is 12.1. The second-order valence-electron chi connectivity index (χ2n) is 10.8. The summed E-state index contributed by atoms with van der Waals surface area (Å²) in [5.74, 6) is -2.02. The van der Waals surface area contributed by atoms with Crippen LogP contribution in [0, 0.1) is 11.8 Å². The zero-order valence-electron chi connectivity index (χ0n) is 20.4. The van der Waals surface area contributed by atoms with Gasteiger partial charge >= 0.3 is 0 Å². The zero-order chi connectivity index (χ0) is 24.2. The normalized spacial score (nSPS) is 36.1. The molecular formula is C25H37N3O5. The molecule has 4 aliphatic rings. The Labute approximate surface area is 196 Å². The van der Waals surface area contributed by atoms with Crippen molar-refractivity contribution < 1.29 is 24.2 Å². The second-order valence-corrected chi connectivity index (χ2v) is 10.8. The second kappa shape index (κ2) is 8.24. The van der Waals surface area contributed by atoms with Crippen molar-refractivity contribution in [3.8, 4) is 0 Å². The summed E-state index contributed by atoms with van der Waals surface area (Å²) in [4.78, 5) is 46.8. The summed E-state index contributed by atoms with van der Waals surface area (Å²) in [5, 5.41) is 9.47. The third-order valence-corrected chi connectivity index (χ3v) is 7.50. The first-order chi connectivity index (χ1) is 15.5. The molecule has 1 spiro atoms. The number of amides is 3. The molecule has 0 bridgehead atoms. The molecule has 5 atom stereocenters. The van der Waals surface area contributed by atoms with Crippen LogP contribution in [0.4, 0.5) is 0 Å². The van der Waals surface area contributed by atoms with E-state index in [1.807, 2.05) is 58.9 Å². The number of aliphatic hydroxyl groups is 1. The maximum absolute atomic E-state index is 14.0. The zero-order valence-corrected chi connectivity index (χ0v) is 20.4. The number of fused-ring (bicyclic) bond motifs is 2. The molecule has 4 heterocycles. The molecule has 1 N–H and O–H groups in total. The quantitative estimate of drug-likeness (QED) is 0.627. The SMILES string of the molecule is CCCN1CC=C[C@]2(C)O[C@]34C=CCN(C(C)(C)C)C(=O)C3N(CCCO)C(=O)[C@@H]4[C@@H]2C1=O. The fourth-order valence-electron chi connectivity index (χ4n) is 6.13. The highest BCUT2D eigenvalue weighted by atomic mass is 16.5. The topological polar surface area (TPSA) is 90.4 Å². The van der Waals surface area contributed by atoms with Gasteiger partial charge in [-0.25, -0.2) is 0 Å². The van der Waals surface area contributed by atoms with Crippen LogP contribution in [0.3, 0.4) is 0 Å². The molecule has 0 radical (unpaired) electrons. The molecule has 2 fully saturated rings. The molecule has 182 valence electrons. The van der Waals surface area contributed by atoms with Crippen molar-refractivity contribution >= 4 is 17.7 Å². The average molecular weight is 460 g/mol. The van der Waals surface area contributed by atoms with Gasteiger partial charge in [0.05, 0.1) is 17.4 Å². The first-order valence-corrected chi connectivity index (χ1v) is 12.1. The molecule has 8 nitrogen and oxygen atoms in total. The summed E-state index contributed by atoms with van der Waals surface area (Å²) in [5.41, 5.74) is -2.65. The highest BCUT2D eigenvalue weighted by Gasteiger charge is 2.74. The van der Waals surface area contributed by atoms with Crippen LogP contribution in [0.1, 0.15) is 47.5 Å². The number of hydrogen-bond donors (Lipinski definition) is 1. The van der Waals surface area contributed by atoms with Crippen molar-refractivity contribution in [1.82, 2.24) is 14.7 Å². The largest absolute Gasteiger partial charge is 0.396 e. The lowest BCUT2D eigenvalue weighted by molar-refractivity contribution is -0.155. The van der Waals surface area contributed by atoms with Gasteiger partial charge < -0.3 is 24.5 Å². The van der Waals surface area contributed by atoms with Crippen molar-refractivity contribution in [3.63, 3.8) is 0 Å². The lowest BCUT2D eigenvalue weighted by atomic mass is 9.74. The molecule has 0 aromatic carbocycles. The number of carbonyl (C=O) groups excluding carboxylic acids is 3. The average Bonchev–Trinajstić information content (AvgIpc) is 2.99. The predicted molar refractivity (Wildman–Crippen MR) is 123 cm³/mol. The summed E-state index contributed by atoms with van der Waals surface area (Å²) in [6, 6.07) is -0.871. The monoisotopic (exact) mass is 459 g/mol. The molecule has 8 heteroatoms. The van der Waals surface area contributed by atoms with Gasteiger partial charge in [0.1, 0.15) is 11.6 Å². The van der Waals surface area contributed by atoms with Gasteiger partial charge in [0.2, 0.25) is 17.7 Å². The summed E-state index contributed by atoms with van der Waals surface area (Å²) in [6.07, 6.45) is 8.80. The minimum absolute atomic E-state index is 0.0882. The lowest BCUT2D eigenvalue weighted by Crippen LogP contribution is -2.59. The van der Waals surface area contributed by atoms with Gasteiger partial charge in [0.25, 0.3) is 0 Å². The van der Waals surface area contributed by atoms with E-state index in [9.17, 15) is 19.5 Å². The Morgan fingerprint density at radius 3 is 2.36 bits per heavy atom. The predicted octanol–water partition coefficient (Wildman–Crippen LogP) is 1.35. The van der Waals surface area contributed by atoms with Crippen LogP contribution >= 0.6 is 0 Å². The van der Waals surface area contributed by atoms with Gasteiger partial charge in [-0.15, -0.1) is 0 Å².